The Balaban J connectivity index is 1.90. The third kappa shape index (κ3) is 5.62. The van der Waals surface area contributed by atoms with Crippen molar-refractivity contribution >= 4 is 22.9 Å². The monoisotopic (exact) mass is 395 g/mol. The largest absolute Gasteiger partial charge is 0.347 e. The summed E-state index contributed by atoms with van der Waals surface area (Å²) < 4.78 is 5.96. The van der Waals surface area contributed by atoms with Crippen molar-refractivity contribution in [2.24, 2.45) is 5.41 Å². The molecule has 0 aliphatic rings. The predicted octanol–water partition coefficient (Wildman–Crippen LogP) is 6.33. The number of aryl methyl sites for hydroxylation is 1. The quantitative estimate of drug-likeness (QED) is 0.357. The normalized spacial score (nSPS) is 12.2. The summed E-state index contributed by atoms with van der Waals surface area (Å²) in [6.07, 6.45) is 8.31. The molecule has 2 aromatic heterocycles. The van der Waals surface area contributed by atoms with E-state index >= 15 is 0 Å². The Bertz CT molecular complexity index is 891. The summed E-state index contributed by atoms with van der Waals surface area (Å²) in [5.41, 5.74) is 5.57. The highest BCUT2D eigenvalue weighted by atomic mass is 32.2. The van der Waals surface area contributed by atoms with Gasteiger partial charge in [-0.05, 0) is 53.1 Å². The van der Waals surface area contributed by atoms with Gasteiger partial charge in [-0.2, -0.15) is 0 Å². The molecule has 2 heterocycles. The summed E-state index contributed by atoms with van der Waals surface area (Å²) in [6, 6.07) is 11.0. The first kappa shape index (κ1) is 20.9. The molecule has 0 spiro atoms. The minimum absolute atomic E-state index is 0.328. The average molecular weight is 396 g/mol. The first-order valence-electron chi connectivity index (χ1n) is 10.2. The van der Waals surface area contributed by atoms with E-state index in [1.807, 2.05) is 24.3 Å². The average Bonchev–Trinajstić information content (AvgIpc) is 3.01. The lowest BCUT2D eigenvalue weighted by Gasteiger charge is -2.18. The Morgan fingerprint density at radius 3 is 2.50 bits per heavy atom. The van der Waals surface area contributed by atoms with Crippen LogP contribution < -0.4 is 4.72 Å². The first-order chi connectivity index (χ1) is 13.3. The number of pyridine rings is 1. The molecule has 0 amide bonds. The third-order valence-electron chi connectivity index (χ3n) is 4.90. The zero-order valence-corrected chi connectivity index (χ0v) is 18.6. The summed E-state index contributed by atoms with van der Waals surface area (Å²) >= 11 is 1.81. The summed E-state index contributed by atoms with van der Waals surface area (Å²) in [6.45, 7) is 13.4. The fourth-order valence-corrected chi connectivity index (χ4v) is 3.90. The van der Waals surface area contributed by atoms with Crippen molar-refractivity contribution in [1.82, 2.24) is 14.3 Å². The Hall–Kier alpha value is -1.78. The molecule has 0 saturated heterocycles. The van der Waals surface area contributed by atoms with Crippen molar-refractivity contribution in [3.8, 4) is 11.1 Å². The molecule has 3 aromatic rings. The zero-order valence-electron chi connectivity index (χ0n) is 17.8. The van der Waals surface area contributed by atoms with E-state index in [1.165, 1.54) is 27.6 Å². The molecule has 0 radical (unpaired) electrons. The van der Waals surface area contributed by atoms with Gasteiger partial charge in [0.15, 0.2) is 0 Å². The van der Waals surface area contributed by atoms with Crippen molar-refractivity contribution in [2.45, 2.75) is 59.3 Å². The third-order valence-corrected chi connectivity index (χ3v) is 5.74. The summed E-state index contributed by atoms with van der Waals surface area (Å²) in [5.74, 6) is 0. The van der Waals surface area contributed by atoms with Crippen molar-refractivity contribution in [2.75, 3.05) is 6.54 Å². The van der Waals surface area contributed by atoms with Crippen LogP contribution >= 0.6 is 11.9 Å². The second-order valence-corrected chi connectivity index (χ2v) is 10.4. The van der Waals surface area contributed by atoms with Crippen LogP contribution in [0, 0.1) is 5.41 Å². The smallest absolute Gasteiger partial charge is 0.0489 e. The van der Waals surface area contributed by atoms with Gasteiger partial charge in [0.2, 0.25) is 0 Å². The van der Waals surface area contributed by atoms with E-state index in [2.05, 4.69) is 85.4 Å². The van der Waals surface area contributed by atoms with Gasteiger partial charge in [-0.25, -0.2) is 0 Å². The van der Waals surface area contributed by atoms with Gasteiger partial charge in [0, 0.05) is 47.8 Å². The molecule has 0 bridgehead atoms. The highest BCUT2D eigenvalue weighted by Gasteiger charge is 2.14. The lowest BCUT2D eigenvalue weighted by atomic mass is 9.92. The fourth-order valence-electron chi connectivity index (χ4n) is 3.34. The highest BCUT2D eigenvalue weighted by molar-refractivity contribution is 7.97. The van der Waals surface area contributed by atoms with Gasteiger partial charge in [-0.15, -0.1) is 0 Å². The molecule has 0 atom stereocenters. The van der Waals surface area contributed by atoms with Gasteiger partial charge in [-0.1, -0.05) is 58.7 Å². The lowest BCUT2D eigenvalue weighted by molar-refractivity contribution is 0.353. The number of nitrogens with one attached hydrogen (secondary N) is 1. The molecular weight excluding hydrogens is 362 g/mol. The minimum atomic E-state index is 0.328. The molecular formula is C24H33N3S. The van der Waals surface area contributed by atoms with Crippen LogP contribution in [0.1, 0.15) is 46.6 Å². The maximum Gasteiger partial charge on any atom is 0.0489 e. The minimum Gasteiger partial charge on any atom is -0.347 e. The molecule has 3 nitrogen and oxygen atoms in total. The molecule has 0 aliphatic heterocycles. The van der Waals surface area contributed by atoms with Gasteiger partial charge >= 0.3 is 0 Å². The molecule has 150 valence electrons. The molecule has 0 aliphatic carbocycles. The van der Waals surface area contributed by atoms with Crippen LogP contribution in [-0.2, 0) is 13.0 Å². The number of benzene rings is 1. The maximum absolute atomic E-state index is 4.15. The SMILES string of the molecule is CC(C)SNCCc1cn(CCC(C)(C)C)c2cc(-c3ccncc3)ccc12. The lowest BCUT2D eigenvalue weighted by Crippen LogP contribution is -2.11. The van der Waals surface area contributed by atoms with E-state index in [1.54, 1.807) is 0 Å². The van der Waals surface area contributed by atoms with Gasteiger partial charge < -0.3 is 4.57 Å². The van der Waals surface area contributed by atoms with E-state index < -0.39 is 0 Å². The Morgan fingerprint density at radius 1 is 1.07 bits per heavy atom. The molecule has 3 rings (SSSR count). The maximum atomic E-state index is 4.15. The van der Waals surface area contributed by atoms with E-state index in [0.717, 1.165) is 25.9 Å². The molecule has 1 aromatic carbocycles. The summed E-state index contributed by atoms with van der Waals surface area (Å²) in [4.78, 5) is 4.15. The fraction of sp³-hybridized carbons (Fsp3) is 0.458. The standard InChI is InChI=1S/C24H33N3S/c1-18(2)28-26-14-10-21-17-27(15-11-24(3,4)5)23-16-20(6-7-22(21)23)19-8-12-25-13-9-19/h6-9,12-13,16-18,26H,10-11,14-15H2,1-5H3. The Morgan fingerprint density at radius 2 is 1.82 bits per heavy atom. The summed E-state index contributed by atoms with van der Waals surface area (Å²) in [7, 11) is 0. The van der Waals surface area contributed by atoms with Crippen molar-refractivity contribution < 1.29 is 0 Å². The van der Waals surface area contributed by atoms with Gasteiger partial charge in [0.25, 0.3) is 0 Å². The Labute approximate surface area is 174 Å². The molecule has 0 fully saturated rings. The van der Waals surface area contributed by atoms with Crippen LogP contribution in [0.3, 0.4) is 0 Å². The van der Waals surface area contributed by atoms with E-state index in [-0.39, 0.29) is 0 Å². The number of aromatic nitrogens is 2. The Kier molecular flexibility index (Phi) is 6.84. The zero-order chi connectivity index (χ0) is 20.1. The first-order valence-corrected chi connectivity index (χ1v) is 11.1. The van der Waals surface area contributed by atoms with Crippen LogP contribution in [0.4, 0.5) is 0 Å². The van der Waals surface area contributed by atoms with Crippen molar-refractivity contribution in [1.29, 1.82) is 0 Å². The van der Waals surface area contributed by atoms with Gasteiger partial charge in [-0.3, -0.25) is 9.71 Å². The van der Waals surface area contributed by atoms with Crippen molar-refractivity contribution in [3.05, 3.63) is 54.5 Å². The molecule has 0 saturated carbocycles. The van der Waals surface area contributed by atoms with Crippen LogP contribution in [0.2, 0.25) is 0 Å². The number of rotatable bonds is 8. The number of hydrogen-bond donors (Lipinski definition) is 1. The van der Waals surface area contributed by atoms with Crippen LogP contribution in [0.5, 0.6) is 0 Å². The number of fused-ring (bicyclic) bond motifs is 1. The predicted molar refractivity (Wildman–Crippen MR) is 124 cm³/mol. The van der Waals surface area contributed by atoms with Gasteiger partial charge in [0.05, 0.1) is 0 Å². The highest BCUT2D eigenvalue weighted by Crippen LogP contribution is 2.29. The number of hydrogen-bond acceptors (Lipinski definition) is 3. The summed E-state index contributed by atoms with van der Waals surface area (Å²) in [5, 5.41) is 1.99. The topological polar surface area (TPSA) is 29.9 Å². The van der Waals surface area contributed by atoms with Crippen LogP contribution in [-0.4, -0.2) is 21.3 Å². The number of nitrogens with zero attached hydrogens (tertiary/aromatic N) is 2. The van der Waals surface area contributed by atoms with Crippen LogP contribution in [0.15, 0.2) is 48.9 Å². The van der Waals surface area contributed by atoms with E-state index in [4.69, 9.17) is 0 Å². The molecule has 28 heavy (non-hydrogen) atoms. The molecule has 4 heteroatoms. The van der Waals surface area contributed by atoms with E-state index in [0.29, 0.717) is 10.7 Å². The van der Waals surface area contributed by atoms with Crippen LogP contribution in [0.25, 0.3) is 22.0 Å². The molecule has 0 unspecified atom stereocenters. The van der Waals surface area contributed by atoms with E-state index in [9.17, 15) is 0 Å². The molecule has 1 N–H and O–H groups in total. The second-order valence-electron chi connectivity index (χ2n) is 8.94. The second kappa shape index (κ2) is 9.15. The van der Waals surface area contributed by atoms with Gasteiger partial charge in [0.1, 0.15) is 0 Å². The van der Waals surface area contributed by atoms with Crippen molar-refractivity contribution in [3.63, 3.8) is 0 Å².